The van der Waals surface area contributed by atoms with Gasteiger partial charge in [-0.3, -0.25) is 4.99 Å². The molecule has 246 valence electrons. The van der Waals surface area contributed by atoms with Crippen LogP contribution in [-0.2, 0) is 0 Å². The van der Waals surface area contributed by atoms with Crippen LogP contribution in [0.5, 0.6) is 0 Å². The second kappa shape index (κ2) is 26.7. The number of aliphatic imine (C=N–C) groups is 2. The van der Waals surface area contributed by atoms with E-state index in [4.69, 9.17) is 9.98 Å². The minimum atomic E-state index is 0.772. The Hall–Kier alpha value is -3.54. The molecule has 0 radical (unpaired) electrons. The summed E-state index contributed by atoms with van der Waals surface area (Å²) < 4.78 is 0. The molecule has 0 aliphatic carbocycles. The predicted octanol–water partition coefficient (Wildman–Crippen LogP) is 13.1. The molecule has 2 aromatic rings. The Morgan fingerprint density at radius 3 is 1.48 bits per heavy atom. The second-order valence-corrected chi connectivity index (χ2v) is 12.3. The summed E-state index contributed by atoms with van der Waals surface area (Å²) in [5.74, 6) is 20.4. The fourth-order valence-corrected chi connectivity index (χ4v) is 5.08. The Morgan fingerprint density at radius 1 is 0.500 bits per heavy atom. The van der Waals surface area contributed by atoms with Crippen molar-refractivity contribution >= 4 is 22.8 Å². The molecule has 0 atom stereocenters. The molecule has 2 heteroatoms. The molecule has 0 aliphatic heterocycles. The average molecular weight is 617 g/mol. The molecule has 0 amide bonds. The van der Waals surface area contributed by atoms with Gasteiger partial charge >= 0.3 is 0 Å². The highest BCUT2D eigenvalue weighted by molar-refractivity contribution is 6.49. The molecule has 0 fully saturated rings. The molecule has 0 saturated heterocycles. The first-order chi connectivity index (χ1) is 22.7. The van der Waals surface area contributed by atoms with Gasteiger partial charge in [0.05, 0.1) is 17.1 Å². The van der Waals surface area contributed by atoms with Crippen LogP contribution in [0.15, 0.2) is 58.5 Å². The van der Waals surface area contributed by atoms with Crippen molar-refractivity contribution in [2.45, 2.75) is 156 Å². The van der Waals surface area contributed by atoms with Crippen molar-refractivity contribution in [1.82, 2.24) is 0 Å². The molecule has 0 aromatic heterocycles. The van der Waals surface area contributed by atoms with Crippen molar-refractivity contribution in [2.75, 3.05) is 0 Å². The van der Waals surface area contributed by atoms with Gasteiger partial charge in [0.25, 0.3) is 0 Å². The van der Waals surface area contributed by atoms with Gasteiger partial charge in [-0.25, -0.2) is 4.99 Å². The molecule has 0 spiro atoms. The number of unbranched alkanes of at least 4 members (excludes halogenated alkanes) is 15. The topological polar surface area (TPSA) is 24.7 Å². The van der Waals surface area contributed by atoms with Gasteiger partial charge in [-0.15, -0.1) is 0 Å². The molecule has 2 nitrogen and oxygen atoms in total. The summed E-state index contributed by atoms with van der Waals surface area (Å²) in [4.78, 5) is 10.3. The van der Waals surface area contributed by atoms with Gasteiger partial charge < -0.3 is 0 Å². The lowest BCUT2D eigenvalue weighted by Crippen LogP contribution is -2.12. The van der Waals surface area contributed by atoms with Crippen LogP contribution in [0.3, 0.4) is 0 Å². The van der Waals surface area contributed by atoms with Gasteiger partial charge in [0.1, 0.15) is 5.71 Å². The zero-order valence-corrected chi connectivity index (χ0v) is 29.7. The van der Waals surface area contributed by atoms with Gasteiger partial charge in [0.2, 0.25) is 0 Å². The Bertz CT molecular complexity index is 1360. The van der Waals surface area contributed by atoms with Crippen LogP contribution in [0.2, 0.25) is 0 Å². The lowest BCUT2D eigenvalue weighted by Gasteiger charge is -2.07. The van der Waals surface area contributed by atoms with E-state index < -0.39 is 0 Å². The molecular weight excluding hydrogens is 556 g/mol. The van der Waals surface area contributed by atoms with Crippen molar-refractivity contribution in [2.24, 2.45) is 9.98 Å². The molecule has 46 heavy (non-hydrogen) atoms. The molecule has 2 rings (SSSR count). The van der Waals surface area contributed by atoms with E-state index in [0.717, 1.165) is 78.9 Å². The summed E-state index contributed by atoms with van der Waals surface area (Å²) in [5, 5.41) is 0. The van der Waals surface area contributed by atoms with Crippen molar-refractivity contribution in [3.63, 3.8) is 0 Å². The third kappa shape index (κ3) is 18.4. The highest BCUT2D eigenvalue weighted by Gasteiger charge is 2.09. The van der Waals surface area contributed by atoms with Gasteiger partial charge in [-0.2, -0.15) is 0 Å². The van der Waals surface area contributed by atoms with E-state index in [1.807, 2.05) is 0 Å². The highest BCUT2D eigenvalue weighted by atomic mass is 14.8. The number of benzene rings is 2. The normalized spacial score (nSPS) is 11.2. The largest absolute Gasteiger partial charge is 0.250 e. The molecule has 0 aliphatic rings. The fourth-order valence-electron chi connectivity index (χ4n) is 5.08. The predicted molar refractivity (Wildman–Crippen MR) is 204 cm³/mol. The van der Waals surface area contributed by atoms with Crippen LogP contribution >= 0.6 is 0 Å². The number of hydrogen-bond donors (Lipinski definition) is 0. The first-order valence-electron chi connectivity index (χ1n) is 18.5. The summed E-state index contributed by atoms with van der Waals surface area (Å²) in [7, 11) is 0. The third-order valence-corrected chi connectivity index (χ3v) is 7.88. The van der Waals surface area contributed by atoms with E-state index in [2.05, 4.69) is 112 Å². The monoisotopic (exact) mass is 616 g/mol. The van der Waals surface area contributed by atoms with Crippen molar-refractivity contribution < 1.29 is 0 Å². The lowest BCUT2D eigenvalue weighted by molar-refractivity contribution is 0.641. The fraction of sp³-hybridized carbons (Fsp3) is 0.545. The van der Waals surface area contributed by atoms with E-state index in [0.29, 0.717) is 0 Å². The Morgan fingerprint density at radius 2 is 0.957 bits per heavy atom. The van der Waals surface area contributed by atoms with Crippen LogP contribution in [0.1, 0.15) is 167 Å². The van der Waals surface area contributed by atoms with Gasteiger partial charge in [0.15, 0.2) is 0 Å². The molecule has 0 bridgehead atoms. The second-order valence-electron chi connectivity index (χ2n) is 12.3. The number of nitrogens with zero attached hydrogens (tertiary/aromatic N) is 2. The van der Waals surface area contributed by atoms with Crippen molar-refractivity contribution in [3.05, 3.63) is 59.7 Å². The van der Waals surface area contributed by atoms with E-state index in [9.17, 15) is 0 Å². The molecule has 2 aromatic carbocycles. The maximum atomic E-state index is 5.16. The number of rotatable bonds is 20. The summed E-state index contributed by atoms with van der Waals surface area (Å²) >= 11 is 0. The Balaban J connectivity index is 2.33. The summed E-state index contributed by atoms with van der Waals surface area (Å²) in [6, 6.07) is 16.6. The molecule has 0 heterocycles. The minimum absolute atomic E-state index is 0.772. The molecule has 0 unspecified atom stereocenters. The van der Waals surface area contributed by atoms with Gasteiger partial charge in [-0.1, -0.05) is 146 Å². The maximum Gasteiger partial charge on any atom is 0.135 e. The average Bonchev–Trinajstić information content (AvgIpc) is 3.07. The molecule has 0 saturated carbocycles. The van der Waals surface area contributed by atoms with Gasteiger partial charge in [-0.05, 0) is 74.4 Å². The first kappa shape index (κ1) is 38.6. The third-order valence-electron chi connectivity index (χ3n) is 7.88. The zero-order valence-electron chi connectivity index (χ0n) is 29.7. The maximum absolute atomic E-state index is 5.16. The minimum Gasteiger partial charge on any atom is -0.250 e. The SMILES string of the molecule is CCCCCCC#CC(=Nc1cccc(C#CCCCCCCC)c1)C(CCCC)=Nc1cccc(C#CCCCCCCC)c1. The van der Waals surface area contributed by atoms with E-state index in [1.165, 1.54) is 83.5 Å². The zero-order chi connectivity index (χ0) is 32.9. The Kier molecular flexibility index (Phi) is 22.4. The standard InChI is InChI=1S/C44H60N2/c1-5-9-13-16-19-21-24-29-39-31-27-33-41(37-39)45-43(35-12-8-4)44(36-26-23-18-15-11-7-3)46-42-34-28-32-40(38-42)30-25-22-20-17-14-10-6-2/h27-28,31-34,37-38H,5-23,35H2,1-4H3. The van der Waals surface area contributed by atoms with Crippen LogP contribution < -0.4 is 0 Å². The van der Waals surface area contributed by atoms with E-state index in [-0.39, 0.29) is 0 Å². The van der Waals surface area contributed by atoms with Crippen LogP contribution in [0.25, 0.3) is 0 Å². The molecule has 0 N–H and O–H groups in total. The van der Waals surface area contributed by atoms with Crippen LogP contribution in [-0.4, -0.2) is 11.4 Å². The van der Waals surface area contributed by atoms with E-state index in [1.54, 1.807) is 0 Å². The van der Waals surface area contributed by atoms with Crippen molar-refractivity contribution in [1.29, 1.82) is 0 Å². The summed E-state index contributed by atoms with van der Waals surface area (Å²) in [6.45, 7) is 8.97. The first-order valence-corrected chi connectivity index (χ1v) is 18.5. The smallest absolute Gasteiger partial charge is 0.135 e. The quantitative estimate of drug-likeness (QED) is 0.0803. The lowest BCUT2D eigenvalue weighted by atomic mass is 10.1. The van der Waals surface area contributed by atoms with E-state index >= 15 is 0 Å². The summed E-state index contributed by atoms with van der Waals surface area (Å²) in [5.41, 5.74) is 5.54. The van der Waals surface area contributed by atoms with Crippen LogP contribution in [0.4, 0.5) is 11.4 Å². The van der Waals surface area contributed by atoms with Crippen molar-refractivity contribution in [3.8, 4) is 35.5 Å². The number of hydrogen-bond acceptors (Lipinski definition) is 2. The Labute approximate surface area is 283 Å². The van der Waals surface area contributed by atoms with Crippen LogP contribution in [0, 0.1) is 35.5 Å². The highest BCUT2D eigenvalue weighted by Crippen LogP contribution is 2.19. The molecular formula is C44H60N2. The summed E-state index contributed by atoms with van der Waals surface area (Å²) in [6.07, 6.45) is 23.3. The van der Waals surface area contributed by atoms with Gasteiger partial charge in [0, 0.05) is 30.4 Å².